The summed E-state index contributed by atoms with van der Waals surface area (Å²) in [6.07, 6.45) is 2.75. The quantitative estimate of drug-likeness (QED) is 0.578. The fourth-order valence-electron chi connectivity index (χ4n) is 2.80. The third-order valence-corrected chi connectivity index (χ3v) is 4.10. The number of hydrogen-bond acceptors (Lipinski definition) is 4. The summed E-state index contributed by atoms with van der Waals surface area (Å²) in [6, 6.07) is 8.78. The second kappa shape index (κ2) is 11.3. The largest absolute Gasteiger partial charge is 0.346 e. The van der Waals surface area contributed by atoms with Gasteiger partial charge in [0.1, 0.15) is 0 Å². The number of likely N-dealkylation sites (tertiary alicyclic amines) is 1. The van der Waals surface area contributed by atoms with Crippen molar-refractivity contribution in [2.45, 2.75) is 25.3 Å². The molecule has 4 amide bonds. The minimum Gasteiger partial charge on any atom is -0.346 e. The zero-order chi connectivity index (χ0) is 18.1. The number of nitrogens with zero attached hydrogens (tertiary/aromatic N) is 1. The van der Waals surface area contributed by atoms with Crippen LogP contribution in [-0.2, 0) is 9.59 Å². The van der Waals surface area contributed by atoms with Gasteiger partial charge in [-0.1, -0.05) is 18.2 Å². The number of hydrogen-bond donors (Lipinski definition) is 4. The molecule has 1 fully saturated rings. The third-order valence-electron chi connectivity index (χ3n) is 4.10. The smallest absolute Gasteiger partial charge is 0.319 e. The molecule has 1 heterocycles. The lowest BCUT2D eigenvalue weighted by molar-refractivity contribution is -0.135. The number of rotatable bonds is 6. The Morgan fingerprint density at radius 1 is 1.12 bits per heavy atom. The topological polar surface area (TPSA) is 117 Å². The summed E-state index contributed by atoms with van der Waals surface area (Å²) < 4.78 is 0. The van der Waals surface area contributed by atoms with Crippen molar-refractivity contribution < 1.29 is 14.4 Å². The number of para-hydroxylation sites is 1. The van der Waals surface area contributed by atoms with Gasteiger partial charge in [-0.2, -0.15) is 0 Å². The van der Waals surface area contributed by atoms with Crippen molar-refractivity contribution in [1.82, 2.24) is 15.5 Å². The van der Waals surface area contributed by atoms with E-state index in [4.69, 9.17) is 5.73 Å². The first-order chi connectivity index (χ1) is 12.1. The number of carbonyl (C=O) groups excluding carboxylic acids is 3. The Morgan fingerprint density at radius 3 is 2.54 bits per heavy atom. The summed E-state index contributed by atoms with van der Waals surface area (Å²) in [4.78, 5) is 37.2. The highest BCUT2D eigenvalue weighted by molar-refractivity contribution is 5.89. The molecule has 0 radical (unpaired) electrons. The molecular weight excluding hydrogens is 358 g/mol. The lowest BCUT2D eigenvalue weighted by Crippen LogP contribution is -2.52. The number of nitrogens with two attached hydrogens (primary N) is 1. The van der Waals surface area contributed by atoms with Gasteiger partial charge in [0, 0.05) is 24.8 Å². The van der Waals surface area contributed by atoms with Crippen molar-refractivity contribution in [2.24, 2.45) is 5.73 Å². The Kier molecular flexibility index (Phi) is 9.46. The number of nitrogens with one attached hydrogen (secondary N) is 3. The number of benzene rings is 1. The predicted molar refractivity (Wildman–Crippen MR) is 102 cm³/mol. The monoisotopic (exact) mass is 383 g/mol. The molecule has 0 saturated carbocycles. The molecule has 1 aliphatic heterocycles. The van der Waals surface area contributed by atoms with E-state index in [-0.39, 0.29) is 49.4 Å². The van der Waals surface area contributed by atoms with Crippen LogP contribution in [0.4, 0.5) is 10.5 Å². The molecule has 1 aromatic rings. The molecule has 144 valence electrons. The van der Waals surface area contributed by atoms with Crippen LogP contribution in [0, 0.1) is 0 Å². The van der Waals surface area contributed by atoms with Gasteiger partial charge in [0.05, 0.1) is 13.1 Å². The molecule has 8 nitrogen and oxygen atoms in total. The van der Waals surface area contributed by atoms with Gasteiger partial charge >= 0.3 is 6.03 Å². The maximum absolute atomic E-state index is 12.3. The summed E-state index contributed by atoms with van der Waals surface area (Å²) in [7, 11) is 0. The second-order valence-corrected chi connectivity index (χ2v) is 5.92. The van der Waals surface area contributed by atoms with E-state index in [1.807, 2.05) is 18.2 Å². The average Bonchev–Trinajstić information content (AvgIpc) is 2.65. The highest BCUT2D eigenvalue weighted by atomic mass is 35.5. The van der Waals surface area contributed by atoms with Gasteiger partial charge < -0.3 is 26.6 Å². The third kappa shape index (κ3) is 6.89. The first kappa shape index (κ1) is 21.7. The Hall–Kier alpha value is -2.32. The van der Waals surface area contributed by atoms with E-state index in [0.717, 1.165) is 19.3 Å². The molecule has 1 aliphatic rings. The Morgan fingerprint density at radius 2 is 1.85 bits per heavy atom. The molecule has 0 spiro atoms. The predicted octanol–water partition coefficient (Wildman–Crippen LogP) is 0.686. The van der Waals surface area contributed by atoms with Crippen LogP contribution in [0.5, 0.6) is 0 Å². The van der Waals surface area contributed by atoms with Gasteiger partial charge in [-0.05, 0) is 31.4 Å². The van der Waals surface area contributed by atoms with E-state index < -0.39 is 0 Å². The van der Waals surface area contributed by atoms with Crippen LogP contribution in [0.25, 0.3) is 0 Å². The Labute approximate surface area is 159 Å². The molecule has 1 unspecified atom stereocenters. The van der Waals surface area contributed by atoms with Gasteiger partial charge in [0.25, 0.3) is 0 Å². The van der Waals surface area contributed by atoms with E-state index in [2.05, 4.69) is 16.0 Å². The number of halogens is 1. The van der Waals surface area contributed by atoms with Crippen LogP contribution < -0.4 is 21.7 Å². The summed E-state index contributed by atoms with van der Waals surface area (Å²) in [5.74, 6) is -0.515. The number of carbonyl (C=O) groups is 3. The van der Waals surface area contributed by atoms with Gasteiger partial charge in [-0.25, -0.2) is 4.79 Å². The molecule has 0 bridgehead atoms. The van der Waals surface area contributed by atoms with Gasteiger partial charge in [0.15, 0.2) is 0 Å². The first-order valence-electron chi connectivity index (χ1n) is 8.46. The maximum Gasteiger partial charge on any atom is 0.319 e. The summed E-state index contributed by atoms with van der Waals surface area (Å²) in [6.45, 7) is 0.792. The minimum absolute atomic E-state index is 0. The molecule has 5 N–H and O–H groups in total. The molecule has 1 saturated heterocycles. The SMILES string of the molecule is Cl.NCC(=O)NCC(=O)N1CCCCC1CNC(=O)Nc1ccccc1. The average molecular weight is 384 g/mol. The minimum atomic E-state index is -0.359. The van der Waals surface area contributed by atoms with Gasteiger partial charge in [-0.15, -0.1) is 12.4 Å². The van der Waals surface area contributed by atoms with Crippen LogP contribution >= 0.6 is 12.4 Å². The van der Waals surface area contributed by atoms with Crippen molar-refractivity contribution in [1.29, 1.82) is 0 Å². The summed E-state index contributed by atoms with van der Waals surface area (Å²) >= 11 is 0. The number of anilines is 1. The number of amides is 4. The molecule has 26 heavy (non-hydrogen) atoms. The zero-order valence-corrected chi connectivity index (χ0v) is 15.4. The van der Waals surface area contributed by atoms with Gasteiger partial charge in [-0.3, -0.25) is 9.59 Å². The molecule has 0 aromatic heterocycles. The first-order valence-corrected chi connectivity index (χ1v) is 8.46. The van der Waals surface area contributed by atoms with E-state index in [0.29, 0.717) is 18.8 Å². The van der Waals surface area contributed by atoms with Crippen molar-refractivity contribution in [3.8, 4) is 0 Å². The highest BCUT2D eigenvalue weighted by Crippen LogP contribution is 2.16. The molecule has 9 heteroatoms. The van der Waals surface area contributed by atoms with E-state index >= 15 is 0 Å². The number of urea groups is 1. The Balaban J connectivity index is 0.00000338. The van der Waals surface area contributed by atoms with E-state index in [9.17, 15) is 14.4 Å². The molecular formula is C17H26ClN5O3. The van der Waals surface area contributed by atoms with E-state index in [1.54, 1.807) is 17.0 Å². The fourth-order valence-corrected chi connectivity index (χ4v) is 2.80. The Bertz CT molecular complexity index is 599. The van der Waals surface area contributed by atoms with Crippen LogP contribution in [0.1, 0.15) is 19.3 Å². The normalized spacial score (nSPS) is 16.2. The lowest BCUT2D eigenvalue weighted by Gasteiger charge is -2.36. The van der Waals surface area contributed by atoms with Crippen LogP contribution in [-0.4, -0.2) is 55.0 Å². The van der Waals surface area contributed by atoms with Crippen molar-refractivity contribution in [2.75, 3.05) is 31.5 Å². The summed E-state index contributed by atoms with van der Waals surface area (Å²) in [5, 5.41) is 8.05. The van der Waals surface area contributed by atoms with Crippen LogP contribution in [0.3, 0.4) is 0 Å². The van der Waals surface area contributed by atoms with Crippen LogP contribution in [0.2, 0.25) is 0 Å². The number of piperidine rings is 1. The van der Waals surface area contributed by atoms with Crippen molar-refractivity contribution >= 4 is 35.9 Å². The van der Waals surface area contributed by atoms with Crippen molar-refractivity contribution in [3.63, 3.8) is 0 Å². The molecule has 1 aromatic carbocycles. The zero-order valence-electron chi connectivity index (χ0n) is 14.6. The molecule has 0 aliphatic carbocycles. The molecule has 1 atom stereocenters. The second-order valence-electron chi connectivity index (χ2n) is 5.92. The van der Waals surface area contributed by atoms with Crippen LogP contribution in [0.15, 0.2) is 30.3 Å². The fraction of sp³-hybridized carbons (Fsp3) is 0.471. The lowest BCUT2D eigenvalue weighted by atomic mass is 10.0. The molecule has 2 rings (SSSR count). The standard InChI is InChI=1S/C17H25N5O3.ClH/c18-10-15(23)19-12-16(24)22-9-5-4-8-14(22)11-20-17(25)21-13-6-2-1-3-7-13;/h1-3,6-7,14H,4-5,8-12,18H2,(H,19,23)(H2,20,21,25);1H. The maximum atomic E-state index is 12.3. The van der Waals surface area contributed by atoms with Crippen molar-refractivity contribution in [3.05, 3.63) is 30.3 Å². The van der Waals surface area contributed by atoms with Gasteiger partial charge in [0.2, 0.25) is 11.8 Å². The van der Waals surface area contributed by atoms with E-state index in [1.165, 1.54) is 0 Å². The summed E-state index contributed by atoms with van der Waals surface area (Å²) in [5.41, 5.74) is 5.93. The highest BCUT2D eigenvalue weighted by Gasteiger charge is 2.26.